The van der Waals surface area contributed by atoms with Crippen molar-refractivity contribution in [1.82, 2.24) is 5.32 Å². The van der Waals surface area contributed by atoms with Crippen LogP contribution in [0, 0.1) is 0 Å². The fourth-order valence-corrected chi connectivity index (χ4v) is 2.68. The van der Waals surface area contributed by atoms with Crippen molar-refractivity contribution in [2.75, 3.05) is 0 Å². The van der Waals surface area contributed by atoms with E-state index in [1.165, 1.54) is 0 Å². The molecule has 1 saturated carbocycles. The van der Waals surface area contributed by atoms with Gasteiger partial charge in [-0.25, -0.2) is 4.79 Å². The van der Waals surface area contributed by atoms with E-state index in [-0.39, 0.29) is 12.2 Å². The maximum atomic E-state index is 10.9. The Balaban J connectivity index is 1.93. The van der Waals surface area contributed by atoms with Crippen LogP contribution in [0.5, 0.6) is 0 Å². The molecule has 2 N–H and O–H groups in total. The van der Waals surface area contributed by atoms with Gasteiger partial charge in [0, 0.05) is 12.8 Å². The van der Waals surface area contributed by atoms with E-state index in [2.05, 4.69) is 5.32 Å². The lowest BCUT2D eigenvalue weighted by Gasteiger charge is -2.30. The van der Waals surface area contributed by atoms with E-state index in [1.54, 1.807) is 0 Å². The van der Waals surface area contributed by atoms with E-state index in [9.17, 15) is 4.79 Å². The molecule has 0 unspecified atom stereocenters. The average molecular weight is 219 g/mol. The van der Waals surface area contributed by atoms with Crippen LogP contribution in [-0.4, -0.2) is 23.4 Å². The van der Waals surface area contributed by atoms with Gasteiger partial charge in [-0.3, -0.25) is 0 Å². The van der Waals surface area contributed by atoms with Crippen molar-refractivity contribution in [3.63, 3.8) is 0 Å². The zero-order chi connectivity index (χ0) is 11.2. The number of carbonyl (C=O) groups is 1. The van der Waals surface area contributed by atoms with Crippen LogP contribution in [0.2, 0.25) is 0 Å². The first kappa shape index (κ1) is 9.66. The molecule has 84 valence electrons. The van der Waals surface area contributed by atoms with Crippen molar-refractivity contribution in [1.29, 1.82) is 0 Å². The molecule has 16 heavy (non-hydrogen) atoms. The number of amides is 1. The first-order valence-corrected chi connectivity index (χ1v) is 5.42. The number of hydrogen-bond donors (Lipinski definition) is 2. The quantitative estimate of drug-likeness (QED) is 0.744. The molecule has 1 amide bonds. The molecule has 1 heterocycles. The summed E-state index contributed by atoms with van der Waals surface area (Å²) >= 11 is 0. The zero-order valence-electron chi connectivity index (χ0n) is 8.72. The summed E-state index contributed by atoms with van der Waals surface area (Å²) in [6, 6.07) is 9.75. The fraction of sp³-hybridized carbons (Fsp3) is 0.417. The smallest absolute Gasteiger partial charge is 0.405 e. The van der Waals surface area contributed by atoms with Gasteiger partial charge in [-0.15, -0.1) is 0 Å². The Labute approximate surface area is 93.2 Å². The Bertz CT molecular complexity index is 408. The van der Waals surface area contributed by atoms with Crippen LogP contribution in [0.15, 0.2) is 30.3 Å². The van der Waals surface area contributed by atoms with Gasteiger partial charge >= 0.3 is 6.09 Å². The normalized spacial score (nSPS) is 35.5. The molecule has 4 heteroatoms. The van der Waals surface area contributed by atoms with Crippen molar-refractivity contribution in [2.45, 2.75) is 30.6 Å². The van der Waals surface area contributed by atoms with Crippen LogP contribution in [0.3, 0.4) is 0 Å². The van der Waals surface area contributed by atoms with Crippen LogP contribution in [0.25, 0.3) is 0 Å². The van der Waals surface area contributed by atoms with Crippen LogP contribution in [0.4, 0.5) is 4.79 Å². The molecule has 2 aliphatic rings. The highest BCUT2D eigenvalue weighted by Crippen LogP contribution is 2.49. The summed E-state index contributed by atoms with van der Waals surface area (Å²) in [4.78, 5) is 10.9. The first-order valence-electron chi connectivity index (χ1n) is 5.42. The van der Waals surface area contributed by atoms with Gasteiger partial charge in [0.25, 0.3) is 0 Å². The van der Waals surface area contributed by atoms with E-state index < -0.39 is 11.6 Å². The van der Waals surface area contributed by atoms with Crippen LogP contribution in [0.1, 0.15) is 18.4 Å². The summed E-state index contributed by atoms with van der Waals surface area (Å²) in [5.74, 6) is 0. The lowest BCUT2D eigenvalue weighted by Crippen LogP contribution is -2.44. The molecule has 1 aromatic carbocycles. The third kappa shape index (κ3) is 1.46. The topological polar surface area (TPSA) is 61.9 Å². The van der Waals surface area contributed by atoms with Crippen molar-refractivity contribution in [3.8, 4) is 0 Å². The molecular formula is C12H13NO3. The Kier molecular flexibility index (Phi) is 1.94. The van der Waals surface area contributed by atoms with Crippen molar-refractivity contribution in [3.05, 3.63) is 35.9 Å². The molecule has 0 radical (unpaired) electrons. The third-order valence-corrected chi connectivity index (χ3v) is 3.46. The fourth-order valence-electron chi connectivity index (χ4n) is 2.68. The lowest BCUT2D eigenvalue weighted by atomic mass is 9.87. The molecule has 2 fully saturated rings. The standard InChI is InChI=1S/C12H13NO3/c14-11(15)13-12(6-9-10(7-12)16-9)8-4-2-1-3-5-8/h1-5,9-10,13H,6-7H2,(H,14,15)/t9-,10+,12-. The van der Waals surface area contributed by atoms with E-state index in [1.807, 2.05) is 30.3 Å². The van der Waals surface area contributed by atoms with E-state index in [0.29, 0.717) is 0 Å². The molecule has 0 aromatic heterocycles. The summed E-state index contributed by atoms with van der Waals surface area (Å²) in [7, 11) is 0. The number of epoxide rings is 1. The second kappa shape index (κ2) is 3.22. The number of carboxylic acid groups (broad SMARTS) is 1. The Morgan fingerprint density at radius 3 is 2.50 bits per heavy atom. The summed E-state index contributed by atoms with van der Waals surface area (Å²) in [5, 5.41) is 11.6. The van der Waals surface area contributed by atoms with Gasteiger partial charge in [0.15, 0.2) is 0 Å². The molecular weight excluding hydrogens is 206 g/mol. The Hall–Kier alpha value is -1.55. The number of hydrogen-bond acceptors (Lipinski definition) is 2. The van der Waals surface area contributed by atoms with E-state index in [0.717, 1.165) is 18.4 Å². The predicted octanol–water partition coefficient (Wildman–Crippen LogP) is 1.71. The second-order valence-corrected chi connectivity index (χ2v) is 4.50. The van der Waals surface area contributed by atoms with Gasteiger partial charge in [0.05, 0.1) is 17.7 Å². The molecule has 1 saturated heterocycles. The molecule has 3 atom stereocenters. The summed E-state index contributed by atoms with van der Waals surface area (Å²) < 4.78 is 5.38. The minimum absolute atomic E-state index is 0.243. The van der Waals surface area contributed by atoms with Gasteiger partial charge in [0.2, 0.25) is 0 Å². The maximum Gasteiger partial charge on any atom is 0.405 e. The summed E-state index contributed by atoms with van der Waals surface area (Å²) in [5.41, 5.74) is 0.592. The third-order valence-electron chi connectivity index (χ3n) is 3.46. The summed E-state index contributed by atoms with van der Waals surface area (Å²) in [6.45, 7) is 0. The van der Waals surface area contributed by atoms with Gasteiger partial charge in [-0.1, -0.05) is 30.3 Å². The Morgan fingerprint density at radius 2 is 1.94 bits per heavy atom. The van der Waals surface area contributed by atoms with E-state index in [4.69, 9.17) is 9.84 Å². The molecule has 1 aliphatic carbocycles. The number of fused-ring (bicyclic) bond motifs is 1. The zero-order valence-corrected chi connectivity index (χ0v) is 8.72. The molecule has 3 rings (SSSR count). The van der Waals surface area contributed by atoms with Crippen LogP contribution >= 0.6 is 0 Å². The lowest BCUT2D eigenvalue weighted by molar-refractivity contribution is 0.159. The number of benzene rings is 1. The number of nitrogens with one attached hydrogen (secondary N) is 1. The van der Waals surface area contributed by atoms with Gasteiger partial charge in [0.1, 0.15) is 0 Å². The van der Waals surface area contributed by atoms with Gasteiger partial charge in [-0.05, 0) is 5.56 Å². The largest absolute Gasteiger partial charge is 0.465 e. The highest BCUT2D eigenvalue weighted by atomic mass is 16.6. The molecule has 4 nitrogen and oxygen atoms in total. The average Bonchev–Trinajstić information content (AvgIpc) is 2.87. The molecule has 1 aliphatic heterocycles. The summed E-state index contributed by atoms with van der Waals surface area (Å²) in [6.07, 6.45) is 1.01. The van der Waals surface area contributed by atoms with Crippen LogP contribution < -0.4 is 5.32 Å². The minimum atomic E-state index is -0.967. The number of ether oxygens (including phenoxy) is 1. The van der Waals surface area contributed by atoms with Crippen molar-refractivity contribution >= 4 is 6.09 Å². The highest BCUT2D eigenvalue weighted by molar-refractivity contribution is 5.66. The molecule has 1 aromatic rings. The van der Waals surface area contributed by atoms with Crippen molar-refractivity contribution in [2.24, 2.45) is 0 Å². The molecule has 0 spiro atoms. The first-order chi connectivity index (χ1) is 7.70. The van der Waals surface area contributed by atoms with Gasteiger partial charge < -0.3 is 15.2 Å². The van der Waals surface area contributed by atoms with Crippen LogP contribution in [-0.2, 0) is 10.3 Å². The van der Waals surface area contributed by atoms with E-state index >= 15 is 0 Å². The minimum Gasteiger partial charge on any atom is -0.465 e. The SMILES string of the molecule is O=C(O)N[C@@]1(c2ccccc2)C[C@@H]2O[C@@H]2C1. The van der Waals surface area contributed by atoms with Gasteiger partial charge in [-0.2, -0.15) is 0 Å². The highest BCUT2D eigenvalue weighted by Gasteiger charge is 2.57. The molecule has 0 bridgehead atoms. The van der Waals surface area contributed by atoms with Crippen molar-refractivity contribution < 1.29 is 14.6 Å². The Morgan fingerprint density at radius 1 is 1.31 bits per heavy atom. The second-order valence-electron chi connectivity index (χ2n) is 4.50. The maximum absolute atomic E-state index is 10.9. The number of rotatable bonds is 2. The predicted molar refractivity (Wildman–Crippen MR) is 57.2 cm³/mol. The monoisotopic (exact) mass is 219 g/mol.